The first kappa shape index (κ1) is 16.6. The molecular weight excluding hydrogens is 254 g/mol. The third-order valence-electron chi connectivity index (χ3n) is 2.24. The molecule has 1 rings (SSSR count). The third kappa shape index (κ3) is 6.81. The Morgan fingerprint density at radius 3 is 2.12 bits per heavy atom. The number of benzene rings is 1. The van der Waals surface area contributed by atoms with E-state index in [9.17, 15) is 4.21 Å². The Labute approximate surface area is 113 Å². The summed E-state index contributed by atoms with van der Waals surface area (Å²) in [4.78, 5) is 0.888. The smallest absolute Gasteiger partial charge is 0.0498 e. The van der Waals surface area contributed by atoms with Gasteiger partial charge in [0, 0.05) is 35.0 Å². The lowest BCUT2D eigenvalue weighted by atomic mass is 9.97. The van der Waals surface area contributed by atoms with Crippen LogP contribution in [-0.2, 0) is 17.3 Å². The topological polar surface area (TPSA) is 29.1 Å². The molecule has 0 heterocycles. The van der Waals surface area contributed by atoms with Gasteiger partial charge in [0.2, 0.25) is 0 Å². The maximum absolute atomic E-state index is 11.2. The van der Waals surface area contributed by atoms with E-state index in [0.29, 0.717) is 5.41 Å². The predicted octanol–water partition coefficient (Wildman–Crippen LogP) is 2.98. The minimum Gasteiger partial charge on any atom is -0.312 e. The van der Waals surface area contributed by atoms with Crippen molar-refractivity contribution >= 4 is 23.2 Å². The highest BCUT2D eigenvalue weighted by Crippen LogP contribution is 2.11. The summed E-state index contributed by atoms with van der Waals surface area (Å²) in [5.41, 5.74) is 1.55. The highest BCUT2D eigenvalue weighted by atomic mass is 35.5. The van der Waals surface area contributed by atoms with Crippen LogP contribution in [0.1, 0.15) is 26.3 Å². The maximum Gasteiger partial charge on any atom is 0.0498 e. The fourth-order valence-corrected chi connectivity index (χ4v) is 1.90. The van der Waals surface area contributed by atoms with Gasteiger partial charge >= 0.3 is 0 Å². The van der Waals surface area contributed by atoms with Gasteiger partial charge in [-0.15, -0.1) is 12.4 Å². The van der Waals surface area contributed by atoms with E-state index in [2.05, 4.69) is 26.1 Å². The SMILES string of the molecule is CS(=O)c1ccc(CNCC(C)(C)C)cc1.Cl. The van der Waals surface area contributed by atoms with E-state index < -0.39 is 10.8 Å². The minimum atomic E-state index is -0.877. The Balaban J connectivity index is 0.00000256. The summed E-state index contributed by atoms with van der Waals surface area (Å²) in [6.07, 6.45) is 1.70. The molecule has 4 heteroatoms. The second-order valence-corrected chi connectivity index (χ2v) is 6.64. The van der Waals surface area contributed by atoms with Crippen LogP contribution in [0, 0.1) is 5.41 Å². The summed E-state index contributed by atoms with van der Waals surface area (Å²) in [5, 5.41) is 3.41. The maximum atomic E-state index is 11.2. The van der Waals surface area contributed by atoms with E-state index in [0.717, 1.165) is 18.0 Å². The normalized spacial score (nSPS) is 12.9. The quantitative estimate of drug-likeness (QED) is 0.915. The molecule has 1 unspecified atom stereocenters. The van der Waals surface area contributed by atoms with Crippen molar-refractivity contribution in [2.75, 3.05) is 12.8 Å². The molecule has 0 fully saturated rings. The summed E-state index contributed by atoms with van der Waals surface area (Å²) in [5.74, 6) is 0. The lowest BCUT2D eigenvalue weighted by molar-refractivity contribution is 0.379. The number of nitrogens with one attached hydrogen (secondary N) is 1. The van der Waals surface area contributed by atoms with Gasteiger partial charge in [-0.1, -0.05) is 32.9 Å². The monoisotopic (exact) mass is 275 g/mol. The van der Waals surface area contributed by atoms with Crippen molar-refractivity contribution in [1.82, 2.24) is 5.32 Å². The van der Waals surface area contributed by atoms with Crippen LogP contribution >= 0.6 is 12.4 Å². The second kappa shape index (κ2) is 7.14. The molecule has 98 valence electrons. The van der Waals surface area contributed by atoms with E-state index in [1.54, 1.807) is 6.26 Å². The highest BCUT2D eigenvalue weighted by molar-refractivity contribution is 7.84. The molecule has 0 aliphatic rings. The van der Waals surface area contributed by atoms with Crippen LogP contribution in [0.2, 0.25) is 0 Å². The van der Waals surface area contributed by atoms with Gasteiger partial charge in [0.25, 0.3) is 0 Å². The molecule has 1 N–H and O–H groups in total. The summed E-state index contributed by atoms with van der Waals surface area (Å²) in [7, 11) is -0.877. The van der Waals surface area contributed by atoms with Crippen LogP contribution in [0.25, 0.3) is 0 Å². The molecule has 0 bridgehead atoms. The molecule has 0 saturated carbocycles. The van der Waals surface area contributed by atoms with E-state index >= 15 is 0 Å². The molecule has 17 heavy (non-hydrogen) atoms. The summed E-state index contributed by atoms with van der Waals surface area (Å²) >= 11 is 0. The zero-order chi connectivity index (χ0) is 12.2. The van der Waals surface area contributed by atoms with Gasteiger partial charge in [-0.3, -0.25) is 4.21 Å². The average molecular weight is 276 g/mol. The van der Waals surface area contributed by atoms with Gasteiger partial charge in [0.05, 0.1) is 0 Å². The van der Waals surface area contributed by atoms with Crippen molar-refractivity contribution in [2.45, 2.75) is 32.2 Å². The van der Waals surface area contributed by atoms with Gasteiger partial charge in [0.1, 0.15) is 0 Å². The zero-order valence-electron chi connectivity index (χ0n) is 10.9. The average Bonchev–Trinajstić information content (AvgIpc) is 2.16. The first-order valence-electron chi connectivity index (χ1n) is 5.51. The van der Waals surface area contributed by atoms with Crippen molar-refractivity contribution in [2.24, 2.45) is 5.41 Å². The number of hydrogen-bond donors (Lipinski definition) is 1. The summed E-state index contributed by atoms with van der Waals surface area (Å²) in [6.45, 7) is 8.50. The molecular formula is C13H22ClNOS. The minimum absolute atomic E-state index is 0. The zero-order valence-corrected chi connectivity index (χ0v) is 12.6. The molecule has 0 saturated heterocycles. The van der Waals surface area contributed by atoms with Crippen LogP contribution in [0.3, 0.4) is 0 Å². The molecule has 1 aromatic rings. The van der Waals surface area contributed by atoms with Gasteiger partial charge in [-0.05, 0) is 23.1 Å². The van der Waals surface area contributed by atoms with E-state index in [-0.39, 0.29) is 12.4 Å². The van der Waals surface area contributed by atoms with Crippen molar-refractivity contribution in [3.8, 4) is 0 Å². The molecule has 0 aliphatic carbocycles. The van der Waals surface area contributed by atoms with Gasteiger partial charge in [-0.25, -0.2) is 0 Å². The van der Waals surface area contributed by atoms with Crippen LogP contribution in [0.4, 0.5) is 0 Å². The van der Waals surface area contributed by atoms with Gasteiger partial charge in [0.15, 0.2) is 0 Å². The first-order valence-corrected chi connectivity index (χ1v) is 7.07. The molecule has 0 aliphatic heterocycles. The van der Waals surface area contributed by atoms with Crippen molar-refractivity contribution in [3.05, 3.63) is 29.8 Å². The highest BCUT2D eigenvalue weighted by Gasteiger charge is 2.08. The van der Waals surface area contributed by atoms with Crippen LogP contribution in [-0.4, -0.2) is 17.0 Å². The van der Waals surface area contributed by atoms with E-state index in [1.807, 2.05) is 24.3 Å². The molecule has 0 radical (unpaired) electrons. The van der Waals surface area contributed by atoms with Crippen LogP contribution in [0.5, 0.6) is 0 Å². The fraction of sp³-hybridized carbons (Fsp3) is 0.538. The predicted molar refractivity (Wildman–Crippen MR) is 77.2 cm³/mol. The Morgan fingerprint density at radius 1 is 1.18 bits per heavy atom. The summed E-state index contributed by atoms with van der Waals surface area (Å²) in [6, 6.07) is 7.94. The van der Waals surface area contributed by atoms with Crippen molar-refractivity contribution in [1.29, 1.82) is 0 Å². The molecule has 0 amide bonds. The molecule has 1 aromatic carbocycles. The molecule has 0 aromatic heterocycles. The molecule has 1 atom stereocenters. The number of hydrogen-bond acceptors (Lipinski definition) is 2. The number of rotatable bonds is 4. The Hall–Kier alpha value is -0.380. The summed E-state index contributed by atoms with van der Waals surface area (Å²) < 4.78 is 11.2. The second-order valence-electron chi connectivity index (χ2n) is 5.26. The lowest BCUT2D eigenvalue weighted by Crippen LogP contribution is -2.26. The Kier molecular flexibility index (Phi) is 6.98. The first-order chi connectivity index (χ1) is 7.38. The largest absolute Gasteiger partial charge is 0.312 e. The van der Waals surface area contributed by atoms with Crippen LogP contribution in [0.15, 0.2) is 29.2 Å². The van der Waals surface area contributed by atoms with Gasteiger partial charge < -0.3 is 5.32 Å². The van der Waals surface area contributed by atoms with E-state index in [1.165, 1.54) is 5.56 Å². The van der Waals surface area contributed by atoms with E-state index in [4.69, 9.17) is 0 Å². The van der Waals surface area contributed by atoms with Crippen molar-refractivity contribution in [3.63, 3.8) is 0 Å². The third-order valence-corrected chi connectivity index (χ3v) is 3.18. The molecule has 0 spiro atoms. The number of halogens is 1. The van der Waals surface area contributed by atoms with Crippen LogP contribution < -0.4 is 5.32 Å². The lowest BCUT2D eigenvalue weighted by Gasteiger charge is -2.18. The van der Waals surface area contributed by atoms with Gasteiger partial charge in [-0.2, -0.15) is 0 Å². The Morgan fingerprint density at radius 2 is 1.71 bits per heavy atom. The molecule has 2 nitrogen and oxygen atoms in total. The Bertz CT molecular complexity index is 357. The fourth-order valence-electron chi connectivity index (χ4n) is 1.38. The van der Waals surface area contributed by atoms with Crippen molar-refractivity contribution < 1.29 is 4.21 Å². The standard InChI is InChI=1S/C13H21NOS.ClH/c1-13(2,3)10-14-9-11-5-7-12(8-6-11)16(4)15;/h5-8,14H,9-10H2,1-4H3;1H.